The third-order valence-corrected chi connectivity index (χ3v) is 5.07. The summed E-state index contributed by atoms with van der Waals surface area (Å²) in [6.45, 7) is 4.82. The number of carbonyl (C=O) groups excluding carboxylic acids is 1. The predicted octanol–water partition coefficient (Wildman–Crippen LogP) is 1.55. The molecule has 0 bridgehead atoms. The molecule has 1 aromatic carbocycles. The van der Waals surface area contributed by atoms with Gasteiger partial charge in [0.1, 0.15) is 5.60 Å². The fourth-order valence-electron chi connectivity index (χ4n) is 3.57. The largest absolute Gasteiger partial charge is 0.393 e. The van der Waals surface area contributed by atoms with E-state index < -0.39 is 5.60 Å². The Balaban J connectivity index is 1.69. The molecule has 132 valence electrons. The van der Waals surface area contributed by atoms with Gasteiger partial charge >= 0.3 is 0 Å². The smallest absolute Gasteiger partial charge is 0.226 e. The number of aliphatic hydroxyl groups is 1. The van der Waals surface area contributed by atoms with Crippen molar-refractivity contribution in [3.8, 4) is 0 Å². The van der Waals surface area contributed by atoms with E-state index in [9.17, 15) is 9.90 Å². The van der Waals surface area contributed by atoms with Crippen molar-refractivity contribution < 1.29 is 19.4 Å². The Morgan fingerprint density at radius 2 is 1.96 bits per heavy atom. The number of hydrogen-bond donors (Lipinski definition) is 1. The van der Waals surface area contributed by atoms with Gasteiger partial charge in [-0.05, 0) is 25.3 Å². The van der Waals surface area contributed by atoms with Crippen LogP contribution in [-0.2, 0) is 20.7 Å². The van der Waals surface area contributed by atoms with Gasteiger partial charge in [-0.25, -0.2) is 0 Å². The highest BCUT2D eigenvalue weighted by atomic mass is 16.5. The van der Waals surface area contributed by atoms with Crippen molar-refractivity contribution >= 4 is 5.91 Å². The minimum absolute atomic E-state index is 0.0487. The van der Waals surface area contributed by atoms with Crippen LogP contribution in [0.25, 0.3) is 0 Å². The molecule has 1 N–H and O–H groups in total. The number of rotatable bonds is 4. The first-order chi connectivity index (χ1) is 11.6. The Morgan fingerprint density at radius 3 is 2.62 bits per heavy atom. The van der Waals surface area contributed by atoms with Gasteiger partial charge in [0.15, 0.2) is 0 Å². The van der Waals surface area contributed by atoms with Crippen LogP contribution in [0, 0.1) is 12.8 Å². The summed E-state index contributed by atoms with van der Waals surface area (Å²) in [6, 6.07) is 8.26. The minimum atomic E-state index is -0.700. The van der Waals surface area contributed by atoms with Crippen molar-refractivity contribution in [3.05, 3.63) is 35.4 Å². The first-order valence-electron chi connectivity index (χ1n) is 8.79. The van der Waals surface area contributed by atoms with Crippen LogP contribution in [0.4, 0.5) is 0 Å². The summed E-state index contributed by atoms with van der Waals surface area (Å²) < 4.78 is 11.3. The average molecular weight is 333 g/mol. The average Bonchev–Trinajstić information content (AvgIpc) is 2.64. The molecule has 2 aliphatic rings. The van der Waals surface area contributed by atoms with Crippen LogP contribution >= 0.6 is 0 Å². The summed E-state index contributed by atoms with van der Waals surface area (Å²) in [7, 11) is 0. The molecule has 2 heterocycles. The van der Waals surface area contributed by atoms with E-state index in [0.717, 1.165) is 18.4 Å². The standard InChI is InChI=1S/C19H27NO4/c1-15-2-4-16(5-3-15)12-19(14-21)13-20(8-11-24-19)18(22)17-6-9-23-10-7-17/h2-5,17,21H,6-14H2,1H3/t19-/m1/s1. The van der Waals surface area contributed by atoms with E-state index in [1.165, 1.54) is 5.56 Å². The van der Waals surface area contributed by atoms with E-state index in [1.807, 2.05) is 4.90 Å². The van der Waals surface area contributed by atoms with E-state index in [4.69, 9.17) is 9.47 Å². The van der Waals surface area contributed by atoms with Crippen LogP contribution in [-0.4, -0.2) is 61.0 Å². The molecule has 0 spiro atoms. The highest BCUT2D eigenvalue weighted by Crippen LogP contribution is 2.26. The summed E-state index contributed by atoms with van der Waals surface area (Å²) in [4.78, 5) is 14.7. The zero-order valence-electron chi connectivity index (χ0n) is 14.4. The number of amides is 1. The highest BCUT2D eigenvalue weighted by molar-refractivity contribution is 5.79. The van der Waals surface area contributed by atoms with Crippen LogP contribution < -0.4 is 0 Å². The molecule has 2 aliphatic heterocycles. The molecule has 0 radical (unpaired) electrons. The van der Waals surface area contributed by atoms with Crippen LogP contribution in [0.5, 0.6) is 0 Å². The maximum Gasteiger partial charge on any atom is 0.226 e. The van der Waals surface area contributed by atoms with E-state index in [-0.39, 0.29) is 18.4 Å². The van der Waals surface area contributed by atoms with Gasteiger partial charge in [-0.1, -0.05) is 29.8 Å². The fourth-order valence-corrected chi connectivity index (χ4v) is 3.57. The van der Waals surface area contributed by atoms with Crippen LogP contribution in [0.2, 0.25) is 0 Å². The molecule has 1 amide bonds. The number of morpholine rings is 1. The Kier molecular flexibility index (Phi) is 5.54. The summed E-state index contributed by atoms with van der Waals surface area (Å²) >= 11 is 0. The zero-order chi connectivity index (χ0) is 17.0. The van der Waals surface area contributed by atoms with Crippen molar-refractivity contribution in [2.75, 3.05) is 39.5 Å². The van der Waals surface area contributed by atoms with Gasteiger partial charge in [-0.15, -0.1) is 0 Å². The number of aryl methyl sites for hydroxylation is 1. The van der Waals surface area contributed by atoms with Gasteiger partial charge in [0.2, 0.25) is 5.91 Å². The second kappa shape index (κ2) is 7.64. The summed E-state index contributed by atoms with van der Waals surface area (Å²) in [6.07, 6.45) is 2.20. The zero-order valence-corrected chi connectivity index (χ0v) is 14.4. The topological polar surface area (TPSA) is 59.0 Å². The van der Waals surface area contributed by atoms with Gasteiger partial charge in [-0.3, -0.25) is 4.79 Å². The molecule has 1 aromatic rings. The van der Waals surface area contributed by atoms with Gasteiger partial charge in [0.25, 0.3) is 0 Å². The Morgan fingerprint density at radius 1 is 1.25 bits per heavy atom. The second-order valence-corrected chi connectivity index (χ2v) is 7.00. The summed E-state index contributed by atoms with van der Waals surface area (Å²) in [5.74, 6) is 0.232. The van der Waals surface area contributed by atoms with Gasteiger partial charge in [0.05, 0.1) is 19.8 Å². The molecule has 0 aliphatic carbocycles. The molecule has 24 heavy (non-hydrogen) atoms. The van der Waals surface area contributed by atoms with E-state index in [0.29, 0.717) is 39.3 Å². The maximum absolute atomic E-state index is 12.8. The number of benzene rings is 1. The van der Waals surface area contributed by atoms with Crippen molar-refractivity contribution in [1.82, 2.24) is 4.90 Å². The third kappa shape index (κ3) is 3.97. The van der Waals surface area contributed by atoms with E-state index >= 15 is 0 Å². The first kappa shape index (κ1) is 17.4. The number of carbonyl (C=O) groups is 1. The van der Waals surface area contributed by atoms with E-state index in [2.05, 4.69) is 31.2 Å². The predicted molar refractivity (Wildman–Crippen MR) is 90.8 cm³/mol. The maximum atomic E-state index is 12.8. The highest BCUT2D eigenvalue weighted by Gasteiger charge is 2.39. The van der Waals surface area contributed by atoms with Crippen molar-refractivity contribution in [2.24, 2.45) is 5.92 Å². The number of ether oxygens (including phenoxy) is 2. The molecule has 2 fully saturated rings. The quantitative estimate of drug-likeness (QED) is 0.908. The van der Waals surface area contributed by atoms with Gasteiger partial charge in [-0.2, -0.15) is 0 Å². The van der Waals surface area contributed by atoms with Gasteiger partial charge in [0, 0.05) is 32.1 Å². The molecule has 2 saturated heterocycles. The lowest BCUT2D eigenvalue weighted by Crippen LogP contribution is -2.58. The summed E-state index contributed by atoms with van der Waals surface area (Å²) in [5, 5.41) is 9.98. The lowest BCUT2D eigenvalue weighted by Gasteiger charge is -2.43. The number of nitrogens with zero attached hydrogens (tertiary/aromatic N) is 1. The van der Waals surface area contributed by atoms with Crippen LogP contribution in [0.15, 0.2) is 24.3 Å². The molecular formula is C19H27NO4. The first-order valence-corrected chi connectivity index (χ1v) is 8.79. The molecule has 1 atom stereocenters. The van der Waals surface area contributed by atoms with Gasteiger partial charge < -0.3 is 19.5 Å². The van der Waals surface area contributed by atoms with Crippen LogP contribution in [0.1, 0.15) is 24.0 Å². The van der Waals surface area contributed by atoms with Crippen molar-refractivity contribution in [2.45, 2.75) is 31.8 Å². The SMILES string of the molecule is Cc1ccc(C[C@]2(CO)CN(C(=O)C3CCOCC3)CCO2)cc1. The number of aliphatic hydroxyl groups excluding tert-OH is 1. The Bertz CT molecular complexity index is 553. The molecule has 5 nitrogen and oxygen atoms in total. The summed E-state index contributed by atoms with van der Waals surface area (Å²) in [5.41, 5.74) is 1.63. The lowest BCUT2D eigenvalue weighted by molar-refractivity contribution is -0.163. The van der Waals surface area contributed by atoms with Crippen LogP contribution in [0.3, 0.4) is 0 Å². The lowest BCUT2D eigenvalue weighted by atomic mass is 9.91. The fraction of sp³-hybridized carbons (Fsp3) is 0.632. The second-order valence-electron chi connectivity index (χ2n) is 7.00. The van der Waals surface area contributed by atoms with Crippen molar-refractivity contribution in [3.63, 3.8) is 0 Å². The Hall–Kier alpha value is -1.43. The molecule has 5 heteroatoms. The molecule has 0 aromatic heterocycles. The molecule has 3 rings (SSSR count). The third-order valence-electron chi connectivity index (χ3n) is 5.07. The molecular weight excluding hydrogens is 306 g/mol. The van der Waals surface area contributed by atoms with E-state index in [1.54, 1.807) is 0 Å². The number of hydrogen-bond acceptors (Lipinski definition) is 4. The minimum Gasteiger partial charge on any atom is -0.393 e. The van der Waals surface area contributed by atoms with Crippen molar-refractivity contribution in [1.29, 1.82) is 0 Å². The Labute approximate surface area is 143 Å². The molecule has 0 unspecified atom stereocenters. The normalized spacial score (nSPS) is 25.7. The molecule has 0 saturated carbocycles. The monoisotopic (exact) mass is 333 g/mol.